The van der Waals surface area contributed by atoms with Crippen LogP contribution in [-0.2, 0) is 7.05 Å². The molecule has 0 radical (unpaired) electrons. The molecule has 8 heteroatoms. The van der Waals surface area contributed by atoms with Crippen LogP contribution in [0.25, 0.3) is 22.0 Å². The number of nitrogens with zero attached hydrogens (tertiary/aromatic N) is 4. The molecule has 0 atom stereocenters. The molecule has 2 fully saturated rings. The Bertz CT molecular complexity index is 1090. The number of carbonyl (C=O) groups is 1. The van der Waals surface area contributed by atoms with Gasteiger partial charge in [-0.05, 0) is 43.6 Å². The zero-order chi connectivity index (χ0) is 21.5. The summed E-state index contributed by atoms with van der Waals surface area (Å²) >= 11 is 0. The number of likely N-dealkylation sites (tertiary alicyclic amines) is 1. The van der Waals surface area contributed by atoms with Crippen molar-refractivity contribution in [1.82, 2.24) is 30.2 Å². The summed E-state index contributed by atoms with van der Waals surface area (Å²) in [6, 6.07) is 3.25. The van der Waals surface area contributed by atoms with Crippen LogP contribution in [0.4, 0.5) is 4.39 Å². The van der Waals surface area contributed by atoms with Crippen LogP contribution in [0.5, 0.6) is 0 Å². The molecule has 31 heavy (non-hydrogen) atoms. The Kier molecular flexibility index (Phi) is 5.25. The number of hydrogen-bond acceptors (Lipinski definition) is 4. The molecule has 1 aliphatic carbocycles. The van der Waals surface area contributed by atoms with Crippen molar-refractivity contribution in [3.05, 3.63) is 36.0 Å². The minimum absolute atomic E-state index is 0.170. The Morgan fingerprint density at radius 3 is 2.71 bits per heavy atom. The van der Waals surface area contributed by atoms with E-state index < -0.39 is 0 Å². The number of aromatic amines is 1. The van der Waals surface area contributed by atoms with E-state index >= 15 is 0 Å². The van der Waals surface area contributed by atoms with Gasteiger partial charge in [0.25, 0.3) is 5.91 Å². The maximum atomic E-state index is 14.6. The average molecular weight is 425 g/mol. The van der Waals surface area contributed by atoms with Gasteiger partial charge in [-0.15, -0.1) is 0 Å². The first-order chi connectivity index (χ1) is 15.0. The lowest BCUT2D eigenvalue weighted by Gasteiger charge is -2.41. The summed E-state index contributed by atoms with van der Waals surface area (Å²) in [6.07, 6.45) is 7.66. The predicted octanol–water partition coefficient (Wildman–Crippen LogP) is 3.34. The standard InChI is InChI=1S/C23H29FN6O/c1-14-10-30(11-14)12-15-3-5-17(6-4-15)26-23(31)22-19-7-18(16-9-25-29(2)13-16)20(24)8-21(19)27-28-22/h7-9,13-15,17H,3-6,10-12H2,1-2H3,(H,26,31)(H,27,28). The third-order valence-electron chi connectivity index (χ3n) is 6.72. The van der Waals surface area contributed by atoms with E-state index in [1.165, 1.54) is 25.7 Å². The number of carbonyl (C=O) groups excluding carboxylic acids is 1. The van der Waals surface area contributed by atoms with Gasteiger partial charge >= 0.3 is 0 Å². The average Bonchev–Trinajstić information content (AvgIpc) is 3.33. The number of hydrogen-bond donors (Lipinski definition) is 2. The molecular weight excluding hydrogens is 395 g/mol. The molecule has 0 bridgehead atoms. The van der Waals surface area contributed by atoms with Gasteiger partial charge < -0.3 is 10.2 Å². The summed E-state index contributed by atoms with van der Waals surface area (Å²) in [5.74, 6) is 1.00. The number of halogens is 1. The lowest BCUT2D eigenvalue weighted by molar-refractivity contribution is 0.0772. The van der Waals surface area contributed by atoms with Crippen molar-refractivity contribution in [2.45, 2.75) is 38.6 Å². The lowest BCUT2D eigenvalue weighted by Crippen LogP contribution is -2.48. The Morgan fingerprint density at radius 1 is 1.26 bits per heavy atom. The molecule has 1 aromatic carbocycles. The second-order valence-corrected chi connectivity index (χ2v) is 9.37. The molecule has 164 valence electrons. The van der Waals surface area contributed by atoms with E-state index in [1.807, 2.05) is 0 Å². The molecule has 5 rings (SSSR count). The number of aromatic nitrogens is 4. The first-order valence-electron chi connectivity index (χ1n) is 11.2. The fraction of sp³-hybridized carbons (Fsp3) is 0.522. The summed E-state index contributed by atoms with van der Waals surface area (Å²) in [7, 11) is 1.79. The van der Waals surface area contributed by atoms with Gasteiger partial charge in [0, 0.05) is 61.5 Å². The van der Waals surface area contributed by atoms with Crippen molar-refractivity contribution in [3.63, 3.8) is 0 Å². The SMILES string of the molecule is CC1CN(CC2CCC(NC(=O)c3n[nH]c4cc(F)c(-c5cnn(C)c5)cc34)CC2)C1. The lowest BCUT2D eigenvalue weighted by atomic mass is 9.84. The predicted molar refractivity (Wildman–Crippen MR) is 117 cm³/mol. The summed E-state index contributed by atoms with van der Waals surface area (Å²) in [4.78, 5) is 15.5. The van der Waals surface area contributed by atoms with E-state index in [4.69, 9.17) is 0 Å². The number of aryl methyl sites for hydroxylation is 1. The summed E-state index contributed by atoms with van der Waals surface area (Å²) in [5.41, 5.74) is 1.92. The third kappa shape index (κ3) is 4.08. The van der Waals surface area contributed by atoms with Crippen molar-refractivity contribution >= 4 is 16.8 Å². The minimum atomic E-state index is -0.369. The van der Waals surface area contributed by atoms with Gasteiger partial charge in [0.15, 0.2) is 5.69 Å². The summed E-state index contributed by atoms with van der Waals surface area (Å²) in [5, 5.41) is 14.9. The van der Waals surface area contributed by atoms with Crippen LogP contribution in [0.1, 0.15) is 43.1 Å². The first kappa shape index (κ1) is 20.2. The van der Waals surface area contributed by atoms with E-state index in [1.54, 1.807) is 30.2 Å². The van der Waals surface area contributed by atoms with Crippen molar-refractivity contribution in [1.29, 1.82) is 0 Å². The van der Waals surface area contributed by atoms with Crippen molar-refractivity contribution in [2.24, 2.45) is 18.9 Å². The normalized spacial score (nSPS) is 22.5. The van der Waals surface area contributed by atoms with Gasteiger partial charge in [0.1, 0.15) is 5.82 Å². The molecule has 3 heterocycles. The van der Waals surface area contributed by atoms with Gasteiger partial charge in [-0.3, -0.25) is 14.6 Å². The molecule has 2 aromatic heterocycles. The van der Waals surface area contributed by atoms with Crippen LogP contribution in [0, 0.1) is 17.7 Å². The van der Waals surface area contributed by atoms with E-state index in [0.717, 1.165) is 37.5 Å². The largest absolute Gasteiger partial charge is 0.348 e. The topological polar surface area (TPSA) is 78.8 Å². The monoisotopic (exact) mass is 424 g/mol. The number of rotatable bonds is 5. The molecule has 1 aliphatic heterocycles. The Hall–Kier alpha value is -2.74. The van der Waals surface area contributed by atoms with Crippen molar-refractivity contribution in [2.75, 3.05) is 19.6 Å². The molecule has 2 aliphatic rings. The van der Waals surface area contributed by atoms with Gasteiger partial charge in [-0.2, -0.15) is 10.2 Å². The van der Waals surface area contributed by atoms with E-state index in [-0.39, 0.29) is 17.8 Å². The molecule has 3 aromatic rings. The van der Waals surface area contributed by atoms with Gasteiger partial charge in [-0.1, -0.05) is 6.92 Å². The Balaban J connectivity index is 1.26. The Labute approximate surface area is 181 Å². The van der Waals surface area contributed by atoms with E-state index in [9.17, 15) is 9.18 Å². The number of nitrogens with one attached hydrogen (secondary N) is 2. The first-order valence-corrected chi connectivity index (χ1v) is 11.2. The maximum Gasteiger partial charge on any atom is 0.272 e. The van der Waals surface area contributed by atoms with Crippen molar-refractivity contribution < 1.29 is 9.18 Å². The Morgan fingerprint density at radius 2 is 2.03 bits per heavy atom. The zero-order valence-corrected chi connectivity index (χ0v) is 18.1. The molecule has 1 saturated carbocycles. The molecule has 2 N–H and O–H groups in total. The van der Waals surface area contributed by atoms with Crippen LogP contribution in [-0.4, -0.2) is 56.5 Å². The number of benzene rings is 1. The highest BCUT2D eigenvalue weighted by Crippen LogP contribution is 2.30. The fourth-order valence-electron chi connectivity index (χ4n) is 5.08. The fourth-order valence-corrected chi connectivity index (χ4v) is 5.08. The van der Waals surface area contributed by atoms with Gasteiger partial charge in [0.2, 0.25) is 0 Å². The third-order valence-corrected chi connectivity index (χ3v) is 6.72. The zero-order valence-electron chi connectivity index (χ0n) is 18.1. The van der Waals surface area contributed by atoms with Crippen LogP contribution in [0.2, 0.25) is 0 Å². The van der Waals surface area contributed by atoms with Crippen LogP contribution >= 0.6 is 0 Å². The second kappa shape index (κ2) is 8.07. The smallest absolute Gasteiger partial charge is 0.272 e. The van der Waals surface area contributed by atoms with Crippen LogP contribution in [0.15, 0.2) is 24.5 Å². The molecular formula is C23H29FN6O. The number of H-pyrrole nitrogens is 1. The number of fused-ring (bicyclic) bond motifs is 1. The van der Waals surface area contributed by atoms with Gasteiger partial charge in [-0.25, -0.2) is 4.39 Å². The van der Waals surface area contributed by atoms with Crippen LogP contribution < -0.4 is 5.32 Å². The molecule has 1 amide bonds. The molecule has 0 spiro atoms. The maximum absolute atomic E-state index is 14.6. The molecule has 1 saturated heterocycles. The van der Waals surface area contributed by atoms with Crippen molar-refractivity contribution in [3.8, 4) is 11.1 Å². The highest BCUT2D eigenvalue weighted by Gasteiger charge is 2.29. The number of amides is 1. The summed E-state index contributed by atoms with van der Waals surface area (Å²) in [6.45, 7) is 5.95. The minimum Gasteiger partial charge on any atom is -0.348 e. The van der Waals surface area contributed by atoms with Gasteiger partial charge in [0.05, 0.1) is 11.7 Å². The quantitative estimate of drug-likeness (QED) is 0.658. The summed E-state index contributed by atoms with van der Waals surface area (Å²) < 4.78 is 16.2. The highest BCUT2D eigenvalue weighted by molar-refractivity contribution is 6.05. The highest BCUT2D eigenvalue weighted by atomic mass is 19.1. The molecule has 7 nitrogen and oxygen atoms in total. The van der Waals surface area contributed by atoms with E-state index in [2.05, 4.69) is 32.4 Å². The van der Waals surface area contributed by atoms with Crippen LogP contribution in [0.3, 0.4) is 0 Å². The molecule has 0 unspecified atom stereocenters. The second-order valence-electron chi connectivity index (χ2n) is 9.37. The van der Waals surface area contributed by atoms with E-state index in [0.29, 0.717) is 27.7 Å².